The number of hydrogen-bond donors (Lipinski definition) is 0. The van der Waals surface area contributed by atoms with Crippen molar-refractivity contribution in [1.82, 2.24) is 0 Å². The van der Waals surface area contributed by atoms with Crippen LogP contribution in [0.2, 0.25) is 10.0 Å². The molecule has 3 aromatic carbocycles. The van der Waals surface area contributed by atoms with Gasteiger partial charge in [0, 0.05) is 10.0 Å². The highest BCUT2D eigenvalue weighted by Crippen LogP contribution is 2.49. The van der Waals surface area contributed by atoms with E-state index in [4.69, 9.17) is 28.0 Å². The quantitative estimate of drug-likeness (QED) is 0.467. The predicted molar refractivity (Wildman–Crippen MR) is 125 cm³/mol. The Morgan fingerprint density at radius 1 is 0.812 bits per heavy atom. The Labute approximate surface area is 196 Å². The van der Waals surface area contributed by atoms with E-state index in [1.165, 1.54) is 4.90 Å². The third kappa shape index (κ3) is 3.28. The van der Waals surface area contributed by atoms with E-state index in [0.29, 0.717) is 21.3 Å². The number of para-hydroxylation sites is 1. The second-order valence-corrected chi connectivity index (χ2v) is 8.95. The van der Waals surface area contributed by atoms with E-state index in [9.17, 15) is 9.59 Å². The molecule has 0 saturated carbocycles. The molecule has 2 fully saturated rings. The summed E-state index contributed by atoms with van der Waals surface area (Å²) in [6.45, 7) is 3.94. The van der Waals surface area contributed by atoms with Crippen molar-refractivity contribution < 1.29 is 14.4 Å². The first kappa shape index (κ1) is 21.0. The van der Waals surface area contributed by atoms with Crippen LogP contribution in [0.5, 0.6) is 0 Å². The van der Waals surface area contributed by atoms with Crippen molar-refractivity contribution in [3.8, 4) is 0 Å². The molecule has 2 aliphatic heterocycles. The zero-order valence-corrected chi connectivity index (χ0v) is 19.0. The molecular formula is C25H20Cl2N2O3. The van der Waals surface area contributed by atoms with Crippen molar-refractivity contribution in [2.24, 2.45) is 5.92 Å². The molecule has 162 valence electrons. The van der Waals surface area contributed by atoms with Gasteiger partial charge in [-0.1, -0.05) is 53.5 Å². The molecule has 5 nitrogen and oxygen atoms in total. The molecule has 0 unspecified atom stereocenters. The summed E-state index contributed by atoms with van der Waals surface area (Å²) in [5, 5.41) is 2.53. The molecule has 0 aliphatic carbocycles. The molecular weight excluding hydrogens is 447 g/mol. The highest BCUT2D eigenvalue weighted by molar-refractivity contribution is 6.35. The Bertz CT molecular complexity index is 1230. The van der Waals surface area contributed by atoms with Crippen LogP contribution in [-0.4, -0.2) is 17.9 Å². The number of amides is 2. The topological polar surface area (TPSA) is 49.9 Å². The van der Waals surface area contributed by atoms with Gasteiger partial charge in [-0.25, -0.2) is 9.96 Å². The average Bonchev–Trinajstić information content (AvgIpc) is 3.27. The molecule has 3 aromatic rings. The summed E-state index contributed by atoms with van der Waals surface area (Å²) in [6, 6.07) is 19.5. The van der Waals surface area contributed by atoms with Gasteiger partial charge in [-0.05, 0) is 66.9 Å². The van der Waals surface area contributed by atoms with E-state index >= 15 is 0 Å². The van der Waals surface area contributed by atoms with E-state index in [2.05, 4.69) is 0 Å². The van der Waals surface area contributed by atoms with Gasteiger partial charge in [-0.15, -0.1) is 0 Å². The summed E-state index contributed by atoms with van der Waals surface area (Å²) < 4.78 is 0. The minimum atomic E-state index is -0.943. The Balaban J connectivity index is 1.61. The van der Waals surface area contributed by atoms with Gasteiger partial charge in [0.1, 0.15) is 5.92 Å². The molecule has 5 rings (SSSR count). The van der Waals surface area contributed by atoms with Crippen molar-refractivity contribution in [2.45, 2.75) is 26.0 Å². The first-order valence-electron chi connectivity index (χ1n) is 10.3. The lowest BCUT2D eigenvalue weighted by Crippen LogP contribution is -2.37. The molecule has 0 spiro atoms. The lowest BCUT2D eigenvalue weighted by Gasteiger charge is -2.29. The maximum absolute atomic E-state index is 13.7. The van der Waals surface area contributed by atoms with E-state index in [-0.39, 0.29) is 11.8 Å². The fraction of sp³-hybridized carbons (Fsp3) is 0.200. The van der Waals surface area contributed by atoms with E-state index < -0.39 is 18.1 Å². The highest BCUT2D eigenvalue weighted by Gasteiger charge is 2.60. The van der Waals surface area contributed by atoms with Crippen LogP contribution in [0.25, 0.3) is 0 Å². The van der Waals surface area contributed by atoms with Crippen LogP contribution < -0.4 is 9.96 Å². The molecule has 3 atom stereocenters. The lowest BCUT2D eigenvalue weighted by molar-refractivity contribution is -0.126. The summed E-state index contributed by atoms with van der Waals surface area (Å²) in [5.41, 5.74) is 4.05. The van der Waals surface area contributed by atoms with Crippen LogP contribution in [0, 0.1) is 19.8 Å². The third-order valence-electron chi connectivity index (χ3n) is 6.16. The normalized spacial score (nSPS) is 22.6. The SMILES string of the molecule is Cc1ccc(N2C(=O)[C@H]3[C@H](ON(c4ccccc4)[C@H]3c3ccc(Cl)cc3Cl)C2=O)cc1C. The Hall–Kier alpha value is -2.86. The number of carbonyl (C=O) groups is 2. The zero-order chi connectivity index (χ0) is 22.6. The van der Waals surface area contributed by atoms with Crippen LogP contribution in [0.15, 0.2) is 66.7 Å². The summed E-state index contributed by atoms with van der Waals surface area (Å²) in [6.07, 6.45) is -0.943. The van der Waals surface area contributed by atoms with Gasteiger partial charge >= 0.3 is 0 Å². The Kier molecular flexibility index (Phi) is 5.20. The van der Waals surface area contributed by atoms with Crippen LogP contribution in [0.3, 0.4) is 0 Å². The fourth-order valence-electron chi connectivity index (χ4n) is 4.39. The fourth-order valence-corrected chi connectivity index (χ4v) is 4.91. The van der Waals surface area contributed by atoms with E-state index in [0.717, 1.165) is 16.8 Å². The number of anilines is 2. The van der Waals surface area contributed by atoms with E-state index in [1.807, 2.05) is 56.3 Å². The van der Waals surface area contributed by atoms with Crippen molar-refractivity contribution in [3.05, 3.63) is 93.5 Å². The van der Waals surface area contributed by atoms with Crippen LogP contribution >= 0.6 is 23.2 Å². The van der Waals surface area contributed by atoms with Gasteiger partial charge in [0.2, 0.25) is 5.91 Å². The molecule has 2 amide bonds. The number of hydroxylamine groups is 1. The number of aryl methyl sites for hydroxylation is 2. The summed E-state index contributed by atoms with van der Waals surface area (Å²) in [5.74, 6) is -1.43. The van der Waals surface area contributed by atoms with Gasteiger partial charge in [0.15, 0.2) is 6.10 Å². The maximum atomic E-state index is 13.7. The molecule has 2 aliphatic rings. The molecule has 7 heteroatoms. The molecule has 32 heavy (non-hydrogen) atoms. The average molecular weight is 467 g/mol. The van der Waals surface area contributed by atoms with Gasteiger partial charge < -0.3 is 0 Å². The number of halogens is 2. The number of rotatable bonds is 3. The minimum absolute atomic E-state index is 0.308. The molecule has 0 aromatic heterocycles. The number of hydrogen-bond acceptors (Lipinski definition) is 4. The molecule has 0 radical (unpaired) electrons. The summed E-state index contributed by atoms with van der Waals surface area (Å²) in [4.78, 5) is 34.4. The Morgan fingerprint density at radius 2 is 1.56 bits per heavy atom. The van der Waals surface area contributed by atoms with Crippen molar-refractivity contribution >= 4 is 46.4 Å². The first-order valence-corrected chi connectivity index (χ1v) is 11.0. The lowest BCUT2D eigenvalue weighted by atomic mass is 9.90. The summed E-state index contributed by atoms with van der Waals surface area (Å²) >= 11 is 12.7. The highest BCUT2D eigenvalue weighted by atomic mass is 35.5. The minimum Gasteiger partial charge on any atom is -0.273 e. The predicted octanol–water partition coefficient (Wildman–Crippen LogP) is 5.66. The second kappa shape index (κ2) is 7.93. The van der Waals surface area contributed by atoms with Crippen molar-refractivity contribution in [1.29, 1.82) is 0 Å². The number of benzene rings is 3. The van der Waals surface area contributed by atoms with Crippen molar-refractivity contribution in [2.75, 3.05) is 9.96 Å². The van der Waals surface area contributed by atoms with Gasteiger partial charge in [0.25, 0.3) is 5.91 Å². The largest absolute Gasteiger partial charge is 0.273 e. The zero-order valence-electron chi connectivity index (χ0n) is 17.5. The summed E-state index contributed by atoms with van der Waals surface area (Å²) in [7, 11) is 0. The maximum Gasteiger partial charge on any atom is 0.266 e. The van der Waals surface area contributed by atoms with Gasteiger partial charge in [-0.3, -0.25) is 14.4 Å². The van der Waals surface area contributed by atoms with Gasteiger partial charge in [0.05, 0.1) is 17.4 Å². The van der Waals surface area contributed by atoms with Gasteiger partial charge in [-0.2, -0.15) is 0 Å². The van der Waals surface area contributed by atoms with Crippen LogP contribution in [0.4, 0.5) is 11.4 Å². The number of imide groups is 1. The standard InChI is InChI=1S/C25H20Cl2N2O3/c1-14-8-10-18(12-15(14)2)28-24(30)21-22(19-11-9-16(26)13-20(19)27)29(32-23(21)25(28)31)17-6-4-3-5-7-17/h3-13,21-23H,1-2H3/t21-,22+,23+/m1/s1. The molecule has 0 bridgehead atoms. The van der Waals surface area contributed by atoms with Crippen molar-refractivity contribution in [3.63, 3.8) is 0 Å². The number of fused-ring (bicyclic) bond motifs is 1. The number of carbonyl (C=O) groups excluding carboxylic acids is 2. The monoisotopic (exact) mass is 466 g/mol. The molecule has 2 heterocycles. The first-order chi connectivity index (χ1) is 15.4. The second-order valence-electron chi connectivity index (χ2n) is 8.10. The third-order valence-corrected chi connectivity index (χ3v) is 6.72. The van der Waals surface area contributed by atoms with E-state index in [1.54, 1.807) is 29.3 Å². The molecule has 0 N–H and O–H groups in total. The van der Waals surface area contributed by atoms with Crippen LogP contribution in [-0.2, 0) is 14.4 Å². The molecule has 2 saturated heterocycles. The van der Waals surface area contributed by atoms with Crippen LogP contribution in [0.1, 0.15) is 22.7 Å². The smallest absolute Gasteiger partial charge is 0.266 e. The number of nitrogens with zero attached hydrogens (tertiary/aromatic N) is 2. The Morgan fingerprint density at radius 3 is 2.25 bits per heavy atom.